The molecule has 3 unspecified atom stereocenters. The molecule has 1 saturated heterocycles. The molecule has 130 valence electrons. The summed E-state index contributed by atoms with van der Waals surface area (Å²) in [6, 6.07) is 1.58. The summed E-state index contributed by atoms with van der Waals surface area (Å²) in [4.78, 5) is 27.0. The minimum absolute atomic E-state index is 0.0105. The molecule has 1 aromatic rings. The monoisotopic (exact) mass is 401 g/mol. The van der Waals surface area contributed by atoms with Gasteiger partial charge in [-0.3, -0.25) is 10.1 Å². The molecule has 2 aliphatic rings. The van der Waals surface area contributed by atoms with Gasteiger partial charge in [0, 0.05) is 34.2 Å². The molecule has 1 aliphatic heterocycles. The summed E-state index contributed by atoms with van der Waals surface area (Å²) in [5, 5.41) is 20.4. The normalized spacial score (nSPS) is 27.1. The second-order valence-electron chi connectivity index (χ2n) is 6.48. The van der Waals surface area contributed by atoms with Crippen molar-refractivity contribution in [3.8, 4) is 0 Å². The molecule has 7 nitrogen and oxygen atoms in total. The number of halogens is 2. The Morgan fingerprint density at radius 3 is 2.62 bits per heavy atom. The van der Waals surface area contributed by atoms with Gasteiger partial charge in [-0.05, 0) is 36.7 Å². The number of rotatable bonds is 4. The topological polar surface area (TPSA) is 96.6 Å². The molecule has 0 radical (unpaired) electrons. The third-order valence-corrected chi connectivity index (χ3v) is 5.94. The highest BCUT2D eigenvalue weighted by atomic mass is 79.9. The van der Waals surface area contributed by atoms with Crippen LogP contribution in [-0.2, 0) is 0 Å². The van der Waals surface area contributed by atoms with Crippen molar-refractivity contribution >= 4 is 22.0 Å². The van der Waals surface area contributed by atoms with E-state index in [2.05, 4.69) is 20.9 Å². The van der Waals surface area contributed by atoms with Crippen LogP contribution in [0.3, 0.4) is 0 Å². The van der Waals surface area contributed by atoms with Crippen LogP contribution in [0.1, 0.15) is 24.3 Å². The van der Waals surface area contributed by atoms with Crippen LogP contribution in [0.25, 0.3) is 0 Å². The minimum Gasteiger partial charge on any atom is -0.465 e. The molecule has 2 bridgehead atoms. The Balaban J connectivity index is 1.96. The van der Waals surface area contributed by atoms with Crippen molar-refractivity contribution in [2.24, 2.45) is 17.8 Å². The first kappa shape index (κ1) is 17.1. The molecule has 24 heavy (non-hydrogen) atoms. The van der Waals surface area contributed by atoms with Crippen molar-refractivity contribution in [3.63, 3.8) is 0 Å². The largest absolute Gasteiger partial charge is 0.465 e. The summed E-state index contributed by atoms with van der Waals surface area (Å²) < 4.78 is 14.8. The third kappa shape index (κ3) is 3.09. The summed E-state index contributed by atoms with van der Waals surface area (Å²) >= 11 is 3.29. The lowest BCUT2D eigenvalue weighted by atomic mass is 9.73. The number of nitrogens with zero attached hydrogens (tertiary/aromatic N) is 3. The summed E-state index contributed by atoms with van der Waals surface area (Å²) in [5.74, 6) is -1.40. The first-order valence-electron chi connectivity index (χ1n) is 7.78. The highest BCUT2D eigenvalue weighted by Gasteiger charge is 2.49. The van der Waals surface area contributed by atoms with Crippen molar-refractivity contribution in [1.82, 2.24) is 9.88 Å². The molecule has 0 spiro atoms. The molecule has 0 aromatic carbocycles. The van der Waals surface area contributed by atoms with E-state index in [-0.39, 0.29) is 29.9 Å². The maximum absolute atomic E-state index is 14.3. The molecule has 1 aromatic heterocycles. The summed E-state index contributed by atoms with van der Waals surface area (Å²) in [7, 11) is 0. The van der Waals surface area contributed by atoms with E-state index in [1.54, 1.807) is 6.07 Å². The van der Waals surface area contributed by atoms with Gasteiger partial charge in [-0.1, -0.05) is 15.9 Å². The quantitative estimate of drug-likeness (QED) is 0.475. The minimum atomic E-state index is -0.968. The maximum Gasteiger partial charge on any atom is 0.407 e. The predicted octanol–water partition coefficient (Wildman–Crippen LogP) is 2.98. The van der Waals surface area contributed by atoms with Gasteiger partial charge in [0.15, 0.2) is 0 Å². The number of hydrogen-bond acceptors (Lipinski definition) is 4. The Morgan fingerprint density at radius 2 is 2.12 bits per heavy atom. The van der Waals surface area contributed by atoms with Crippen molar-refractivity contribution < 1.29 is 19.2 Å². The lowest BCUT2D eigenvalue weighted by Gasteiger charge is -2.39. The molecular weight excluding hydrogens is 385 g/mol. The molecule has 2 fully saturated rings. The highest BCUT2D eigenvalue weighted by Crippen LogP contribution is 2.50. The second-order valence-corrected chi connectivity index (χ2v) is 7.34. The number of piperidine rings is 1. The van der Waals surface area contributed by atoms with E-state index >= 15 is 0 Å². The smallest absolute Gasteiger partial charge is 0.407 e. The molecule has 9 heteroatoms. The third-order valence-electron chi connectivity index (χ3n) is 5.25. The summed E-state index contributed by atoms with van der Waals surface area (Å²) in [6.07, 6.45) is 1.97. The predicted molar refractivity (Wildman–Crippen MR) is 85.8 cm³/mol. The van der Waals surface area contributed by atoms with Gasteiger partial charge in [0.2, 0.25) is 12.5 Å². The van der Waals surface area contributed by atoms with Gasteiger partial charge in [-0.2, -0.15) is 4.39 Å². The molecule has 1 aliphatic carbocycles. The van der Waals surface area contributed by atoms with Crippen LogP contribution in [0.15, 0.2) is 16.7 Å². The Labute approximate surface area is 146 Å². The first-order chi connectivity index (χ1) is 11.4. The van der Waals surface area contributed by atoms with E-state index in [0.717, 1.165) is 12.8 Å². The fourth-order valence-electron chi connectivity index (χ4n) is 4.40. The zero-order valence-corrected chi connectivity index (χ0v) is 14.4. The van der Waals surface area contributed by atoms with Crippen molar-refractivity contribution in [2.75, 3.05) is 19.6 Å². The van der Waals surface area contributed by atoms with Crippen molar-refractivity contribution in [2.45, 2.75) is 18.8 Å². The van der Waals surface area contributed by atoms with E-state index in [4.69, 9.17) is 0 Å². The van der Waals surface area contributed by atoms with Crippen LogP contribution in [0.5, 0.6) is 0 Å². The van der Waals surface area contributed by atoms with Gasteiger partial charge >= 0.3 is 6.09 Å². The zero-order chi connectivity index (χ0) is 17.4. The Hall–Kier alpha value is -1.77. The Bertz CT molecular complexity index is 640. The molecule has 2 heterocycles. The average Bonchev–Trinajstić information content (AvgIpc) is 2.74. The zero-order valence-electron chi connectivity index (χ0n) is 12.8. The molecule has 3 rings (SSSR count). The number of pyridine rings is 1. The number of likely N-dealkylation sites (tertiary alicyclic amines) is 1. The fourth-order valence-corrected chi connectivity index (χ4v) is 4.98. The van der Waals surface area contributed by atoms with Crippen molar-refractivity contribution in [3.05, 3.63) is 38.4 Å². The summed E-state index contributed by atoms with van der Waals surface area (Å²) in [5.41, 5.74) is 0.236. The van der Waals surface area contributed by atoms with E-state index in [1.165, 1.54) is 11.1 Å². The van der Waals surface area contributed by atoms with Gasteiger partial charge in [0.1, 0.15) is 0 Å². The average molecular weight is 402 g/mol. The number of carboxylic acid groups (broad SMARTS) is 1. The van der Waals surface area contributed by atoms with E-state index in [9.17, 15) is 24.4 Å². The number of fused-ring (bicyclic) bond motifs is 2. The van der Waals surface area contributed by atoms with Gasteiger partial charge in [-0.15, -0.1) is 0 Å². The maximum atomic E-state index is 14.3. The van der Waals surface area contributed by atoms with Crippen LogP contribution in [-0.4, -0.2) is 45.6 Å². The molecule has 1 amide bonds. The lowest BCUT2D eigenvalue weighted by Crippen LogP contribution is -2.47. The van der Waals surface area contributed by atoms with Crippen LogP contribution in [0, 0.1) is 33.8 Å². The van der Waals surface area contributed by atoms with E-state index in [0.29, 0.717) is 17.6 Å². The standard InChI is InChI=1S/C15H17BrFN3O4/c16-11-3-4-18-14(17)13(11)10(7-20(23)24)12-8-1-2-9(12)6-19(5-8)15(21)22/h3-4,8-10,12H,1-2,5-7H2,(H,21,22). The van der Waals surface area contributed by atoms with Crippen LogP contribution in [0.4, 0.5) is 9.18 Å². The van der Waals surface area contributed by atoms with Crippen molar-refractivity contribution in [1.29, 1.82) is 0 Å². The van der Waals surface area contributed by atoms with Crippen LogP contribution in [0.2, 0.25) is 0 Å². The number of hydrogen-bond donors (Lipinski definition) is 1. The Kier molecular flexibility index (Phi) is 4.71. The van der Waals surface area contributed by atoms with Gasteiger partial charge in [0.05, 0.1) is 5.92 Å². The van der Waals surface area contributed by atoms with Gasteiger partial charge in [0.25, 0.3) is 0 Å². The molecular formula is C15H17BrFN3O4. The van der Waals surface area contributed by atoms with Gasteiger partial charge in [-0.25, -0.2) is 9.78 Å². The molecule has 1 N–H and O–H groups in total. The summed E-state index contributed by atoms with van der Waals surface area (Å²) in [6.45, 7) is 0.320. The number of amides is 1. The van der Waals surface area contributed by atoms with Crippen LogP contribution >= 0.6 is 15.9 Å². The first-order valence-corrected chi connectivity index (χ1v) is 8.57. The molecule has 1 saturated carbocycles. The van der Waals surface area contributed by atoms with Crippen LogP contribution < -0.4 is 0 Å². The Morgan fingerprint density at radius 1 is 1.50 bits per heavy atom. The van der Waals surface area contributed by atoms with E-state index < -0.39 is 22.9 Å². The lowest BCUT2D eigenvalue weighted by molar-refractivity contribution is -0.485. The SMILES string of the molecule is O=C(O)N1CC2CCC(C1)C2C(C[N+](=O)[O-])c1c(Br)ccnc1F. The van der Waals surface area contributed by atoms with E-state index in [1.807, 2.05) is 0 Å². The molecule has 3 atom stereocenters. The highest BCUT2D eigenvalue weighted by molar-refractivity contribution is 9.10. The number of aromatic nitrogens is 1. The second kappa shape index (κ2) is 6.62. The van der Waals surface area contributed by atoms with Gasteiger partial charge < -0.3 is 10.0 Å². The fraction of sp³-hybridized carbons (Fsp3) is 0.600. The number of carbonyl (C=O) groups is 1. The number of nitro groups is 1.